The van der Waals surface area contributed by atoms with Crippen LogP contribution in [0.1, 0.15) is 18.4 Å². The molecule has 0 aliphatic carbocycles. The smallest absolute Gasteiger partial charge is 0.245 e. The molecule has 1 aromatic carbocycles. The zero-order valence-corrected chi connectivity index (χ0v) is 14.8. The van der Waals surface area contributed by atoms with Crippen molar-refractivity contribution in [2.75, 3.05) is 24.1 Å². The highest BCUT2D eigenvalue weighted by molar-refractivity contribution is 5.95. The lowest BCUT2D eigenvalue weighted by Gasteiger charge is -2.30. The number of nitrogens with zero attached hydrogens (tertiary/aromatic N) is 4. The summed E-state index contributed by atoms with van der Waals surface area (Å²) in [6.07, 6.45) is 3.87. The van der Waals surface area contributed by atoms with Crippen molar-refractivity contribution < 1.29 is 9.59 Å². The second-order valence-electron chi connectivity index (χ2n) is 6.28. The predicted molar refractivity (Wildman–Crippen MR) is 101 cm³/mol. The molecule has 3 N–H and O–H groups in total. The van der Waals surface area contributed by atoms with E-state index in [0.717, 1.165) is 0 Å². The Balaban J connectivity index is 1.74. The van der Waals surface area contributed by atoms with Crippen LogP contribution >= 0.6 is 0 Å². The van der Waals surface area contributed by atoms with Gasteiger partial charge < -0.3 is 16.0 Å². The third kappa shape index (κ3) is 3.67. The van der Waals surface area contributed by atoms with Gasteiger partial charge in [-0.3, -0.25) is 9.59 Å². The highest BCUT2D eigenvalue weighted by Crippen LogP contribution is 2.26. The average molecular weight is 364 g/mol. The summed E-state index contributed by atoms with van der Waals surface area (Å²) in [5.41, 5.74) is 7.39. The molecule has 0 spiro atoms. The highest BCUT2D eigenvalue weighted by atomic mass is 16.2. The Labute approximate surface area is 156 Å². The van der Waals surface area contributed by atoms with Crippen LogP contribution in [0.3, 0.4) is 0 Å². The minimum Gasteiger partial charge on any atom is -0.382 e. The van der Waals surface area contributed by atoms with Gasteiger partial charge in [-0.15, -0.1) is 0 Å². The van der Waals surface area contributed by atoms with Gasteiger partial charge in [-0.05, 0) is 31.1 Å². The van der Waals surface area contributed by atoms with E-state index < -0.39 is 0 Å². The van der Waals surface area contributed by atoms with Gasteiger partial charge in [0.05, 0.1) is 17.6 Å². The number of nitrogens with one attached hydrogen (secondary N) is 1. The number of carbonyl (C=O) groups is 2. The number of nitriles is 1. The van der Waals surface area contributed by atoms with E-state index in [1.165, 1.54) is 17.0 Å². The Kier molecular flexibility index (Phi) is 5.22. The van der Waals surface area contributed by atoms with Crippen LogP contribution in [0.15, 0.2) is 43.1 Å². The first-order valence-electron chi connectivity index (χ1n) is 8.60. The predicted octanol–water partition coefficient (Wildman–Crippen LogP) is 1.69. The zero-order valence-electron chi connectivity index (χ0n) is 14.8. The van der Waals surface area contributed by atoms with Gasteiger partial charge in [-0.25, -0.2) is 4.68 Å². The second kappa shape index (κ2) is 7.74. The molecule has 2 aromatic rings. The maximum absolute atomic E-state index is 12.7. The van der Waals surface area contributed by atoms with Crippen molar-refractivity contribution in [3.63, 3.8) is 0 Å². The van der Waals surface area contributed by atoms with Crippen LogP contribution in [0, 0.1) is 17.2 Å². The lowest BCUT2D eigenvalue weighted by molar-refractivity contribution is -0.130. The van der Waals surface area contributed by atoms with Crippen LogP contribution in [0.5, 0.6) is 0 Å². The summed E-state index contributed by atoms with van der Waals surface area (Å²) in [6, 6.07) is 9.11. The number of nitrogens with two attached hydrogens (primary N) is 1. The molecule has 1 aliphatic rings. The van der Waals surface area contributed by atoms with E-state index >= 15 is 0 Å². The Morgan fingerprint density at radius 1 is 1.33 bits per heavy atom. The van der Waals surface area contributed by atoms with Crippen molar-refractivity contribution in [3.8, 4) is 11.8 Å². The molecule has 138 valence electrons. The average Bonchev–Trinajstić information content (AvgIpc) is 3.08. The maximum atomic E-state index is 12.7. The van der Waals surface area contributed by atoms with Crippen molar-refractivity contribution >= 4 is 23.3 Å². The molecule has 0 saturated carbocycles. The summed E-state index contributed by atoms with van der Waals surface area (Å²) < 4.78 is 1.43. The largest absolute Gasteiger partial charge is 0.382 e. The Bertz CT molecular complexity index is 919. The topological polar surface area (TPSA) is 117 Å². The highest BCUT2D eigenvalue weighted by Gasteiger charge is 2.27. The summed E-state index contributed by atoms with van der Waals surface area (Å²) >= 11 is 0. The number of carbonyl (C=O) groups excluding carboxylic acids is 2. The summed E-state index contributed by atoms with van der Waals surface area (Å²) in [5, 5.41) is 16.1. The van der Waals surface area contributed by atoms with Gasteiger partial charge in [-0.2, -0.15) is 10.4 Å². The number of hydrogen-bond donors (Lipinski definition) is 2. The van der Waals surface area contributed by atoms with E-state index in [1.807, 2.05) is 6.07 Å². The number of likely N-dealkylation sites (tertiary alicyclic amines) is 1. The van der Waals surface area contributed by atoms with Gasteiger partial charge in [0.15, 0.2) is 0 Å². The number of aromatic nitrogens is 2. The summed E-state index contributed by atoms with van der Waals surface area (Å²) in [7, 11) is 0. The molecule has 0 radical (unpaired) electrons. The minimum atomic E-state index is -0.184. The molecule has 3 rings (SSSR count). The zero-order chi connectivity index (χ0) is 19.4. The molecule has 0 bridgehead atoms. The fourth-order valence-electron chi connectivity index (χ4n) is 3.13. The van der Waals surface area contributed by atoms with Crippen LogP contribution < -0.4 is 11.1 Å². The molecule has 1 saturated heterocycles. The third-order valence-corrected chi connectivity index (χ3v) is 4.67. The van der Waals surface area contributed by atoms with Gasteiger partial charge in [0, 0.05) is 19.0 Å². The van der Waals surface area contributed by atoms with E-state index in [2.05, 4.69) is 17.0 Å². The van der Waals surface area contributed by atoms with E-state index in [9.17, 15) is 9.59 Å². The number of para-hydroxylation sites is 2. The van der Waals surface area contributed by atoms with Crippen molar-refractivity contribution in [2.24, 2.45) is 5.92 Å². The minimum absolute atomic E-state index is 0.110. The number of amides is 2. The van der Waals surface area contributed by atoms with E-state index in [4.69, 9.17) is 11.0 Å². The quantitative estimate of drug-likeness (QED) is 0.801. The molecule has 0 unspecified atom stereocenters. The molecule has 1 fully saturated rings. The van der Waals surface area contributed by atoms with Gasteiger partial charge in [0.25, 0.3) is 0 Å². The number of hydrogen-bond acceptors (Lipinski definition) is 5. The molecule has 8 nitrogen and oxygen atoms in total. The van der Waals surface area contributed by atoms with Crippen LogP contribution in [-0.2, 0) is 9.59 Å². The number of benzene rings is 1. The number of nitrogen functional groups attached to an aromatic ring is 1. The Hall–Kier alpha value is -3.60. The molecule has 2 heterocycles. The van der Waals surface area contributed by atoms with Crippen molar-refractivity contribution in [1.82, 2.24) is 14.7 Å². The molecule has 8 heteroatoms. The standard InChI is InChI=1S/C19H20N6O2/c1-2-17(26)24-9-7-13(8-10-24)19(27)23-15-5-3-4-6-16(15)25-18(21)14(11-20)12-22-25/h2-6,12-13H,1,7-10,21H2,(H,23,27). The second-order valence-corrected chi connectivity index (χ2v) is 6.28. The summed E-state index contributed by atoms with van der Waals surface area (Å²) in [5.74, 6) is -0.187. The van der Waals surface area contributed by atoms with E-state index in [1.54, 1.807) is 29.2 Å². The lowest BCUT2D eigenvalue weighted by atomic mass is 9.95. The third-order valence-electron chi connectivity index (χ3n) is 4.67. The van der Waals surface area contributed by atoms with Crippen LogP contribution in [0.25, 0.3) is 5.69 Å². The maximum Gasteiger partial charge on any atom is 0.245 e. The van der Waals surface area contributed by atoms with E-state index in [0.29, 0.717) is 37.3 Å². The number of piperidine rings is 1. The first-order chi connectivity index (χ1) is 13.0. The first kappa shape index (κ1) is 18.2. The van der Waals surface area contributed by atoms with Gasteiger partial charge >= 0.3 is 0 Å². The van der Waals surface area contributed by atoms with Gasteiger partial charge in [-0.1, -0.05) is 18.7 Å². The Morgan fingerprint density at radius 2 is 2.04 bits per heavy atom. The number of anilines is 2. The normalized spacial score (nSPS) is 14.4. The SMILES string of the molecule is C=CC(=O)N1CCC(C(=O)Nc2ccccc2-n2ncc(C#N)c2N)CC1. The van der Waals surface area contributed by atoms with E-state index in [-0.39, 0.29) is 29.1 Å². The first-order valence-corrected chi connectivity index (χ1v) is 8.60. The monoisotopic (exact) mass is 364 g/mol. The lowest BCUT2D eigenvalue weighted by Crippen LogP contribution is -2.40. The van der Waals surface area contributed by atoms with Crippen molar-refractivity contribution in [2.45, 2.75) is 12.8 Å². The fourth-order valence-corrected chi connectivity index (χ4v) is 3.13. The summed E-state index contributed by atoms with van der Waals surface area (Å²) in [4.78, 5) is 26.0. The molecule has 0 atom stereocenters. The number of rotatable bonds is 4. The van der Waals surface area contributed by atoms with Crippen molar-refractivity contribution in [1.29, 1.82) is 5.26 Å². The van der Waals surface area contributed by atoms with Gasteiger partial charge in [0.2, 0.25) is 11.8 Å². The molecular formula is C19H20N6O2. The molecule has 1 aliphatic heterocycles. The van der Waals surface area contributed by atoms with Crippen LogP contribution in [-0.4, -0.2) is 39.6 Å². The van der Waals surface area contributed by atoms with Crippen LogP contribution in [0.2, 0.25) is 0 Å². The van der Waals surface area contributed by atoms with Gasteiger partial charge in [0.1, 0.15) is 17.5 Å². The molecule has 2 amide bonds. The van der Waals surface area contributed by atoms with Crippen molar-refractivity contribution in [3.05, 3.63) is 48.7 Å². The Morgan fingerprint density at radius 3 is 2.67 bits per heavy atom. The molecule has 1 aromatic heterocycles. The molecule has 27 heavy (non-hydrogen) atoms. The molecular weight excluding hydrogens is 344 g/mol. The van der Waals surface area contributed by atoms with Crippen LogP contribution in [0.4, 0.5) is 11.5 Å². The fraction of sp³-hybridized carbons (Fsp3) is 0.263. The summed E-state index contributed by atoms with van der Waals surface area (Å²) in [6.45, 7) is 4.55.